The number of rotatable bonds is 9. The fourth-order valence-electron chi connectivity index (χ4n) is 1.77. The molecule has 6 nitrogen and oxygen atoms in total. The Morgan fingerprint density at radius 1 is 1.43 bits per heavy atom. The summed E-state index contributed by atoms with van der Waals surface area (Å²) in [5, 5.41) is 2.39. The predicted octanol–water partition coefficient (Wildman–Crippen LogP) is 1.79. The van der Waals surface area contributed by atoms with Crippen molar-refractivity contribution in [3.8, 4) is 0 Å². The molecule has 0 bridgehead atoms. The van der Waals surface area contributed by atoms with Crippen LogP contribution in [0.5, 0.6) is 0 Å². The number of hydrogen-bond donors (Lipinski definition) is 1. The quantitative estimate of drug-likeness (QED) is 0.676. The molecule has 0 saturated heterocycles. The molecule has 0 aromatic heterocycles. The van der Waals surface area contributed by atoms with E-state index >= 15 is 0 Å². The summed E-state index contributed by atoms with van der Waals surface area (Å²) in [6, 6.07) is 3.47. The van der Waals surface area contributed by atoms with E-state index < -0.39 is 28.3 Å². The molecule has 0 saturated carbocycles. The summed E-state index contributed by atoms with van der Waals surface area (Å²) in [7, 11) is -3.72. The van der Waals surface area contributed by atoms with Crippen molar-refractivity contribution < 1.29 is 22.3 Å². The highest BCUT2D eigenvalue weighted by Crippen LogP contribution is 2.24. The van der Waals surface area contributed by atoms with Crippen LogP contribution in [-0.4, -0.2) is 46.9 Å². The summed E-state index contributed by atoms with van der Waals surface area (Å²) in [6.45, 7) is 2.95. The standard InChI is InChI=1S/C14H20ClFN2O4S/c1-3-22-8-4-7-17-14(19)10-18(23(2,20)21)11-5-6-13(16)12(15)9-11/h5-6,9H,3-4,7-8,10H2,1-2H3,(H,17,19). The first-order chi connectivity index (χ1) is 10.8. The van der Waals surface area contributed by atoms with Gasteiger partial charge in [0.2, 0.25) is 15.9 Å². The van der Waals surface area contributed by atoms with Crippen LogP contribution in [0.1, 0.15) is 13.3 Å². The number of anilines is 1. The van der Waals surface area contributed by atoms with Crippen LogP contribution < -0.4 is 9.62 Å². The first-order valence-electron chi connectivity index (χ1n) is 7.03. The summed E-state index contributed by atoms with van der Waals surface area (Å²) in [6.07, 6.45) is 1.59. The number of nitrogens with zero attached hydrogens (tertiary/aromatic N) is 1. The zero-order chi connectivity index (χ0) is 17.5. The minimum atomic E-state index is -3.72. The normalized spacial score (nSPS) is 11.3. The Hall–Kier alpha value is -1.38. The van der Waals surface area contributed by atoms with Gasteiger partial charge in [-0.15, -0.1) is 0 Å². The van der Waals surface area contributed by atoms with Crippen molar-refractivity contribution in [1.82, 2.24) is 5.32 Å². The van der Waals surface area contributed by atoms with Gasteiger partial charge in [0.25, 0.3) is 0 Å². The molecule has 1 rings (SSSR count). The van der Waals surface area contributed by atoms with Crippen molar-refractivity contribution in [2.45, 2.75) is 13.3 Å². The van der Waals surface area contributed by atoms with Crippen molar-refractivity contribution in [2.24, 2.45) is 0 Å². The highest BCUT2D eigenvalue weighted by molar-refractivity contribution is 7.92. The Morgan fingerprint density at radius 2 is 2.13 bits per heavy atom. The second-order valence-corrected chi connectivity index (χ2v) is 7.08. The van der Waals surface area contributed by atoms with Crippen LogP contribution in [0.25, 0.3) is 0 Å². The summed E-state index contributed by atoms with van der Waals surface area (Å²) in [5.74, 6) is -1.13. The van der Waals surface area contributed by atoms with Gasteiger partial charge >= 0.3 is 0 Å². The molecule has 130 valence electrons. The highest BCUT2D eigenvalue weighted by atomic mass is 35.5. The molecule has 0 radical (unpaired) electrons. The van der Waals surface area contributed by atoms with E-state index in [1.807, 2.05) is 6.92 Å². The van der Waals surface area contributed by atoms with E-state index in [9.17, 15) is 17.6 Å². The third kappa shape index (κ3) is 6.72. The molecular weight excluding hydrogens is 347 g/mol. The maximum absolute atomic E-state index is 13.2. The molecule has 0 aliphatic heterocycles. The minimum Gasteiger partial charge on any atom is -0.382 e. The van der Waals surface area contributed by atoms with Gasteiger partial charge in [-0.05, 0) is 31.5 Å². The summed E-state index contributed by atoms with van der Waals surface area (Å²) in [5.41, 5.74) is 0.128. The third-order valence-electron chi connectivity index (χ3n) is 2.87. The van der Waals surface area contributed by atoms with Gasteiger partial charge in [0.15, 0.2) is 0 Å². The second kappa shape index (κ2) is 9.05. The van der Waals surface area contributed by atoms with E-state index in [0.717, 1.165) is 16.6 Å². The number of amides is 1. The lowest BCUT2D eigenvalue weighted by Crippen LogP contribution is -2.40. The Labute approximate surface area is 140 Å². The molecule has 9 heteroatoms. The number of halogens is 2. The molecule has 0 aliphatic rings. The smallest absolute Gasteiger partial charge is 0.240 e. The first-order valence-corrected chi connectivity index (χ1v) is 9.25. The molecule has 0 unspecified atom stereocenters. The van der Waals surface area contributed by atoms with Gasteiger partial charge in [-0.25, -0.2) is 12.8 Å². The van der Waals surface area contributed by atoms with Crippen LogP contribution in [-0.2, 0) is 19.6 Å². The molecule has 0 spiro atoms. The third-order valence-corrected chi connectivity index (χ3v) is 4.30. The zero-order valence-electron chi connectivity index (χ0n) is 13.0. The van der Waals surface area contributed by atoms with Crippen molar-refractivity contribution in [3.05, 3.63) is 29.0 Å². The molecule has 1 aromatic rings. The SMILES string of the molecule is CCOCCCNC(=O)CN(c1ccc(F)c(Cl)c1)S(C)(=O)=O. The summed E-state index contributed by atoms with van der Waals surface area (Å²) >= 11 is 5.67. The lowest BCUT2D eigenvalue weighted by atomic mass is 10.3. The first kappa shape index (κ1) is 19.7. The van der Waals surface area contributed by atoms with Gasteiger partial charge in [0.1, 0.15) is 12.4 Å². The minimum absolute atomic E-state index is 0.128. The molecular formula is C14H20ClFN2O4S. The predicted molar refractivity (Wildman–Crippen MR) is 87.7 cm³/mol. The van der Waals surface area contributed by atoms with Gasteiger partial charge in [0, 0.05) is 19.8 Å². The Morgan fingerprint density at radius 3 is 2.70 bits per heavy atom. The van der Waals surface area contributed by atoms with Crippen LogP contribution in [0.4, 0.5) is 10.1 Å². The Balaban J connectivity index is 2.73. The van der Waals surface area contributed by atoms with Crippen molar-refractivity contribution in [3.63, 3.8) is 0 Å². The van der Waals surface area contributed by atoms with E-state index in [2.05, 4.69) is 5.32 Å². The lowest BCUT2D eigenvalue weighted by Gasteiger charge is -2.22. The number of hydrogen-bond acceptors (Lipinski definition) is 4. The van der Waals surface area contributed by atoms with E-state index in [1.54, 1.807) is 0 Å². The maximum atomic E-state index is 13.2. The monoisotopic (exact) mass is 366 g/mol. The van der Waals surface area contributed by atoms with Crippen LogP contribution in [0.2, 0.25) is 5.02 Å². The van der Waals surface area contributed by atoms with E-state index in [0.29, 0.717) is 26.2 Å². The van der Waals surface area contributed by atoms with Gasteiger partial charge in [0.05, 0.1) is 17.0 Å². The number of sulfonamides is 1. The average Bonchev–Trinajstić information content (AvgIpc) is 2.46. The van der Waals surface area contributed by atoms with Crippen molar-refractivity contribution >= 4 is 33.2 Å². The number of benzene rings is 1. The fourth-order valence-corrected chi connectivity index (χ4v) is 2.80. The Kier molecular flexibility index (Phi) is 7.74. The van der Waals surface area contributed by atoms with Crippen molar-refractivity contribution in [1.29, 1.82) is 0 Å². The molecule has 0 heterocycles. The largest absolute Gasteiger partial charge is 0.382 e. The van der Waals surface area contributed by atoms with E-state index in [4.69, 9.17) is 16.3 Å². The van der Waals surface area contributed by atoms with E-state index in [1.165, 1.54) is 12.1 Å². The number of carbonyl (C=O) groups excluding carboxylic acids is 1. The molecule has 1 aromatic carbocycles. The summed E-state index contributed by atoms with van der Waals surface area (Å²) < 4.78 is 42.9. The van der Waals surface area contributed by atoms with Crippen LogP contribution in [0, 0.1) is 5.82 Å². The van der Waals surface area contributed by atoms with Crippen LogP contribution in [0.3, 0.4) is 0 Å². The van der Waals surface area contributed by atoms with E-state index in [-0.39, 0.29) is 10.7 Å². The molecule has 1 amide bonds. The van der Waals surface area contributed by atoms with Gasteiger partial charge in [-0.2, -0.15) is 0 Å². The average molecular weight is 367 g/mol. The molecule has 0 atom stereocenters. The molecule has 0 aliphatic carbocycles. The molecule has 23 heavy (non-hydrogen) atoms. The van der Waals surface area contributed by atoms with Crippen molar-refractivity contribution in [2.75, 3.05) is 36.9 Å². The number of ether oxygens (including phenoxy) is 1. The molecule has 1 N–H and O–H groups in total. The molecule has 0 fully saturated rings. The highest BCUT2D eigenvalue weighted by Gasteiger charge is 2.21. The van der Waals surface area contributed by atoms with Gasteiger partial charge < -0.3 is 10.1 Å². The summed E-state index contributed by atoms with van der Waals surface area (Å²) in [4.78, 5) is 11.9. The Bertz CT molecular complexity index is 640. The fraction of sp³-hybridized carbons (Fsp3) is 0.500. The number of nitrogens with one attached hydrogen (secondary N) is 1. The second-order valence-electron chi connectivity index (χ2n) is 4.77. The van der Waals surface area contributed by atoms with Crippen LogP contribution >= 0.6 is 11.6 Å². The number of carbonyl (C=O) groups is 1. The topological polar surface area (TPSA) is 75.7 Å². The van der Waals surface area contributed by atoms with Gasteiger partial charge in [-0.3, -0.25) is 9.10 Å². The zero-order valence-corrected chi connectivity index (χ0v) is 14.6. The van der Waals surface area contributed by atoms with Gasteiger partial charge in [-0.1, -0.05) is 11.6 Å². The maximum Gasteiger partial charge on any atom is 0.240 e. The van der Waals surface area contributed by atoms with Crippen LogP contribution in [0.15, 0.2) is 18.2 Å². The lowest BCUT2D eigenvalue weighted by molar-refractivity contribution is -0.119.